The predicted octanol–water partition coefficient (Wildman–Crippen LogP) is 2.92. The minimum atomic E-state index is -0.311. The average Bonchev–Trinajstić information content (AvgIpc) is 2.60. The Balaban J connectivity index is 1.98. The normalized spacial score (nSPS) is 11.2. The summed E-state index contributed by atoms with van der Waals surface area (Å²) in [5.74, 6) is 0.108. The molecule has 126 valence electrons. The van der Waals surface area contributed by atoms with Gasteiger partial charge in [-0.1, -0.05) is 30.3 Å². The van der Waals surface area contributed by atoms with Gasteiger partial charge in [0.2, 0.25) is 5.91 Å². The Morgan fingerprint density at radius 1 is 1.21 bits per heavy atom. The zero-order chi connectivity index (χ0) is 17.4. The number of nitrogens with one attached hydrogen (secondary N) is 1. The highest BCUT2D eigenvalue weighted by Crippen LogP contribution is 2.17. The molecule has 0 saturated heterocycles. The fraction of sp³-hybridized carbons (Fsp3) is 0.211. The van der Waals surface area contributed by atoms with E-state index in [0.29, 0.717) is 17.9 Å². The van der Waals surface area contributed by atoms with Gasteiger partial charge in [-0.25, -0.2) is 4.39 Å². The van der Waals surface area contributed by atoms with Crippen molar-refractivity contribution in [2.45, 2.75) is 13.5 Å². The van der Waals surface area contributed by atoms with Gasteiger partial charge in [-0.3, -0.25) is 4.79 Å². The molecule has 0 saturated carbocycles. The summed E-state index contributed by atoms with van der Waals surface area (Å²) in [6.45, 7) is 2.15. The second-order valence-electron chi connectivity index (χ2n) is 5.24. The monoisotopic (exact) mass is 329 g/mol. The van der Waals surface area contributed by atoms with E-state index >= 15 is 0 Å². The van der Waals surface area contributed by atoms with Crippen LogP contribution in [0.2, 0.25) is 0 Å². The zero-order valence-electron chi connectivity index (χ0n) is 13.5. The first-order valence-corrected chi connectivity index (χ1v) is 7.64. The molecule has 0 aliphatic carbocycles. The van der Waals surface area contributed by atoms with Gasteiger partial charge in [0, 0.05) is 17.7 Å². The van der Waals surface area contributed by atoms with Crippen LogP contribution in [0, 0.1) is 5.82 Å². The molecule has 2 rings (SSSR count). The Bertz CT molecular complexity index is 711. The maximum atomic E-state index is 12.9. The van der Waals surface area contributed by atoms with Gasteiger partial charge in [-0.2, -0.15) is 0 Å². The molecule has 1 amide bonds. The van der Waals surface area contributed by atoms with Gasteiger partial charge in [0.25, 0.3) is 0 Å². The Morgan fingerprint density at radius 2 is 1.92 bits per heavy atom. The van der Waals surface area contributed by atoms with Crippen molar-refractivity contribution in [2.24, 2.45) is 0 Å². The molecule has 5 heteroatoms. The SMILES string of the molecule is C/C(=C/c1ccc(F)cc1)C(=O)NCc1ccccc1OCCO. The van der Waals surface area contributed by atoms with Crippen molar-refractivity contribution in [1.82, 2.24) is 5.32 Å². The minimum Gasteiger partial charge on any atom is -0.491 e. The highest BCUT2D eigenvalue weighted by atomic mass is 19.1. The van der Waals surface area contributed by atoms with E-state index in [0.717, 1.165) is 11.1 Å². The minimum absolute atomic E-state index is 0.0692. The van der Waals surface area contributed by atoms with Crippen LogP contribution in [0.25, 0.3) is 6.08 Å². The molecule has 0 heterocycles. The summed E-state index contributed by atoms with van der Waals surface area (Å²) in [5, 5.41) is 11.7. The van der Waals surface area contributed by atoms with Crippen LogP contribution in [-0.2, 0) is 11.3 Å². The van der Waals surface area contributed by atoms with Crippen molar-refractivity contribution in [3.63, 3.8) is 0 Å². The lowest BCUT2D eigenvalue weighted by atomic mass is 10.1. The number of halogens is 1. The highest BCUT2D eigenvalue weighted by Gasteiger charge is 2.07. The van der Waals surface area contributed by atoms with Gasteiger partial charge in [0.05, 0.1) is 6.61 Å². The van der Waals surface area contributed by atoms with Crippen molar-refractivity contribution < 1.29 is 19.0 Å². The second-order valence-corrected chi connectivity index (χ2v) is 5.24. The number of carbonyl (C=O) groups is 1. The van der Waals surface area contributed by atoms with Crippen LogP contribution in [0.1, 0.15) is 18.1 Å². The summed E-state index contributed by atoms with van der Waals surface area (Å²) < 4.78 is 18.3. The van der Waals surface area contributed by atoms with Crippen LogP contribution < -0.4 is 10.1 Å². The van der Waals surface area contributed by atoms with Crippen LogP contribution in [0.4, 0.5) is 4.39 Å². The molecule has 24 heavy (non-hydrogen) atoms. The third kappa shape index (κ3) is 5.21. The molecule has 0 bridgehead atoms. The molecular weight excluding hydrogens is 309 g/mol. The van der Waals surface area contributed by atoms with Crippen molar-refractivity contribution in [3.05, 3.63) is 71.0 Å². The molecule has 2 aromatic rings. The lowest BCUT2D eigenvalue weighted by Crippen LogP contribution is -2.23. The number of para-hydroxylation sites is 1. The second kappa shape index (κ2) is 8.84. The Kier molecular flexibility index (Phi) is 6.51. The van der Waals surface area contributed by atoms with Crippen molar-refractivity contribution in [2.75, 3.05) is 13.2 Å². The van der Waals surface area contributed by atoms with Crippen LogP contribution >= 0.6 is 0 Å². The first-order valence-electron chi connectivity index (χ1n) is 7.64. The van der Waals surface area contributed by atoms with Gasteiger partial charge < -0.3 is 15.2 Å². The van der Waals surface area contributed by atoms with Crippen LogP contribution in [0.3, 0.4) is 0 Å². The topological polar surface area (TPSA) is 58.6 Å². The summed E-state index contributed by atoms with van der Waals surface area (Å²) in [7, 11) is 0. The Hall–Kier alpha value is -2.66. The van der Waals surface area contributed by atoms with E-state index in [4.69, 9.17) is 9.84 Å². The number of aliphatic hydroxyl groups is 1. The van der Waals surface area contributed by atoms with Gasteiger partial charge in [0.15, 0.2) is 0 Å². The predicted molar refractivity (Wildman–Crippen MR) is 90.9 cm³/mol. The molecule has 2 N–H and O–H groups in total. The number of carbonyl (C=O) groups excluding carboxylic acids is 1. The van der Waals surface area contributed by atoms with Crippen LogP contribution in [0.5, 0.6) is 5.75 Å². The lowest BCUT2D eigenvalue weighted by molar-refractivity contribution is -0.117. The largest absolute Gasteiger partial charge is 0.491 e. The highest BCUT2D eigenvalue weighted by molar-refractivity contribution is 5.97. The summed E-state index contributed by atoms with van der Waals surface area (Å²) in [6.07, 6.45) is 1.70. The number of rotatable bonds is 7. The summed E-state index contributed by atoms with van der Waals surface area (Å²) in [4.78, 5) is 12.2. The first-order chi connectivity index (χ1) is 11.6. The Labute approximate surface area is 140 Å². The zero-order valence-corrected chi connectivity index (χ0v) is 13.5. The smallest absolute Gasteiger partial charge is 0.247 e. The molecule has 0 aromatic heterocycles. The third-order valence-corrected chi connectivity index (χ3v) is 3.37. The first kappa shape index (κ1) is 17.7. The average molecular weight is 329 g/mol. The number of amides is 1. The van der Waals surface area contributed by atoms with E-state index in [-0.39, 0.29) is 24.9 Å². The number of hydrogen-bond donors (Lipinski definition) is 2. The van der Waals surface area contributed by atoms with E-state index in [9.17, 15) is 9.18 Å². The molecular formula is C19H20FNO3. The number of hydrogen-bond acceptors (Lipinski definition) is 3. The third-order valence-electron chi connectivity index (χ3n) is 3.37. The van der Waals surface area contributed by atoms with E-state index in [2.05, 4.69) is 5.32 Å². The lowest BCUT2D eigenvalue weighted by Gasteiger charge is -2.11. The van der Waals surface area contributed by atoms with Crippen molar-refractivity contribution in [3.8, 4) is 5.75 Å². The summed E-state index contributed by atoms with van der Waals surface area (Å²) in [6, 6.07) is 13.3. The van der Waals surface area contributed by atoms with Gasteiger partial charge in [-0.05, 0) is 36.8 Å². The molecule has 2 aromatic carbocycles. The van der Waals surface area contributed by atoms with Crippen molar-refractivity contribution >= 4 is 12.0 Å². The molecule has 0 radical (unpaired) electrons. The van der Waals surface area contributed by atoms with Gasteiger partial charge in [-0.15, -0.1) is 0 Å². The van der Waals surface area contributed by atoms with E-state index in [1.165, 1.54) is 12.1 Å². The summed E-state index contributed by atoms with van der Waals surface area (Å²) in [5.41, 5.74) is 2.11. The van der Waals surface area contributed by atoms with E-state index < -0.39 is 0 Å². The maximum Gasteiger partial charge on any atom is 0.247 e. The number of benzene rings is 2. The Morgan fingerprint density at radius 3 is 2.62 bits per heavy atom. The van der Waals surface area contributed by atoms with Gasteiger partial charge >= 0.3 is 0 Å². The van der Waals surface area contributed by atoms with E-state index in [1.54, 1.807) is 31.2 Å². The maximum absolute atomic E-state index is 12.9. The number of ether oxygens (including phenoxy) is 1. The standard InChI is InChI=1S/C19H20FNO3/c1-14(12-15-6-8-17(20)9-7-15)19(23)21-13-16-4-2-3-5-18(16)24-11-10-22/h2-9,12,22H,10-11,13H2,1H3,(H,21,23)/b14-12-. The fourth-order valence-electron chi connectivity index (χ4n) is 2.14. The molecule has 0 aliphatic rings. The van der Waals surface area contributed by atoms with Crippen LogP contribution in [-0.4, -0.2) is 24.2 Å². The molecule has 0 spiro atoms. The molecule has 0 aliphatic heterocycles. The molecule has 0 atom stereocenters. The summed E-state index contributed by atoms with van der Waals surface area (Å²) >= 11 is 0. The number of aliphatic hydroxyl groups excluding tert-OH is 1. The quantitative estimate of drug-likeness (QED) is 0.768. The molecule has 0 fully saturated rings. The molecule has 4 nitrogen and oxygen atoms in total. The fourth-order valence-corrected chi connectivity index (χ4v) is 2.14. The van der Waals surface area contributed by atoms with Crippen LogP contribution in [0.15, 0.2) is 54.1 Å². The molecule has 0 unspecified atom stereocenters. The van der Waals surface area contributed by atoms with E-state index in [1.807, 2.05) is 18.2 Å². The van der Waals surface area contributed by atoms with Crippen molar-refractivity contribution in [1.29, 1.82) is 0 Å². The van der Waals surface area contributed by atoms with Gasteiger partial charge in [0.1, 0.15) is 18.2 Å².